The van der Waals surface area contributed by atoms with Crippen LogP contribution in [-0.2, 0) is 17.6 Å². The second-order valence-corrected chi connectivity index (χ2v) is 4.98. The van der Waals surface area contributed by atoms with Crippen molar-refractivity contribution in [2.24, 2.45) is 0 Å². The number of aromatic nitrogens is 1. The number of ether oxygens (including phenoxy) is 1. The van der Waals surface area contributed by atoms with Crippen molar-refractivity contribution >= 4 is 16.9 Å². The Balaban J connectivity index is 2.30. The number of pyridine rings is 1. The maximum atomic E-state index is 13.4. The van der Waals surface area contributed by atoms with Crippen molar-refractivity contribution in [3.63, 3.8) is 0 Å². The SMILES string of the molecule is COC1CCc2nc3ccc(F)cc3c(C(=O)O)c2C1. The van der Waals surface area contributed by atoms with Gasteiger partial charge in [-0.15, -0.1) is 0 Å². The lowest BCUT2D eigenvalue weighted by Gasteiger charge is -2.24. The molecule has 3 rings (SSSR count). The van der Waals surface area contributed by atoms with Crippen molar-refractivity contribution in [3.8, 4) is 0 Å². The topological polar surface area (TPSA) is 59.4 Å². The number of benzene rings is 1. The lowest BCUT2D eigenvalue weighted by Crippen LogP contribution is -2.24. The zero-order chi connectivity index (χ0) is 14.3. The van der Waals surface area contributed by atoms with Crippen LogP contribution in [0.5, 0.6) is 0 Å². The Morgan fingerprint density at radius 2 is 2.30 bits per heavy atom. The molecule has 0 fully saturated rings. The fraction of sp³-hybridized carbons (Fsp3) is 0.333. The Hall–Kier alpha value is -2.01. The number of carboxylic acids is 1. The molecule has 0 amide bonds. The van der Waals surface area contributed by atoms with E-state index in [9.17, 15) is 14.3 Å². The van der Waals surface area contributed by atoms with E-state index in [-0.39, 0.29) is 11.7 Å². The number of aryl methyl sites for hydroxylation is 1. The van der Waals surface area contributed by atoms with E-state index in [1.165, 1.54) is 18.2 Å². The standard InChI is InChI=1S/C15H14FNO3/c1-20-9-3-5-13-11(7-9)14(15(18)19)10-6-8(16)2-4-12(10)17-13/h2,4,6,9H,3,5,7H2,1H3,(H,18,19). The first-order valence-corrected chi connectivity index (χ1v) is 6.47. The fourth-order valence-corrected chi connectivity index (χ4v) is 2.83. The zero-order valence-electron chi connectivity index (χ0n) is 11.0. The minimum Gasteiger partial charge on any atom is -0.478 e. The van der Waals surface area contributed by atoms with Gasteiger partial charge >= 0.3 is 5.97 Å². The lowest BCUT2D eigenvalue weighted by molar-refractivity contribution is 0.0690. The Labute approximate surface area is 115 Å². The molecule has 1 aliphatic carbocycles. The lowest BCUT2D eigenvalue weighted by atomic mass is 9.88. The predicted molar refractivity (Wildman–Crippen MR) is 71.5 cm³/mol. The summed E-state index contributed by atoms with van der Waals surface area (Å²) in [5.74, 6) is -1.50. The van der Waals surface area contributed by atoms with E-state index in [4.69, 9.17) is 4.74 Å². The molecule has 0 radical (unpaired) electrons. The number of carboxylic acid groups (broad SMARTS) is 1. The van der Waals surface area contributed by atoms with E-state index in [0.717, 1.165) is 12.1 Å². The number of aromatic carboxylic acids is 1. The average Bonchev–Trinajstić information content (AvgIpc) is 2.43. The van der Waals surface area contributed by atoms with Crippen molar-refractivity contribution in [1.29, 1.82) is 0 Å². The minimum atomic E-state index is -1.05. The highest BCUT2D eigenvalue weighted by molar-refractivity contribution is 6.04. The first kappa shape index (κ1) is 13.0. The van der Waals surface area contributed by atoms with Crippen molar-refractivity contribution in [2.75, 3.05) is 7.11 Å². The molecule has 0 saturated heterocycles. The maximum Gasteiger partial charge on any atom is 0.336 e. The Bertz CT molecular complexity index is 699. The van der Waals surface area contributed by atoms with Gasteiger partial charge in [0.2, 0.25) is 0 Å². The number of fused-ring (bicyclic) bond motifs is 2. The number of nitrogens with zero attached hydrogens (tertiary/aromatic N) is 1. The summed E-state index contributed by atoms with van der Waals surface area (Å²) in [7, 11) is 1.62. The third kappa shape index (κ3) is 2.04. The summed E-state index contributed by atoms with van der Waals surface area (Å²) < 4.78 is 18.7. The summed E-state index contributed by atoms with van der Waals surface area (Å²) in [6.45, 7) is 0. The molecule has 1 atom stereocenters. The van der Waals surface area contributed by atoms with Crippen molar-refractivity contribution in [3.05, 3.63) is 40.8 Å². The van der Waals surface area contributed by atoms with Gasteiger partial charge in [-0.05, 0) is 36.6 Å². The summed E-state index contributed by atoms with van der Waals surface area (Å²) >= 11 is 0. The van der Waals surface area contributed by atoms with E-state index < -0.39 is 11.8 Å². The first-order valence-electron chi connectivity index (χ1n) is 6.47. The van der Waals surface area contributed by atoms with Crippen LogP contribution in [0.4, 0.5) is 4.39 Å². The quantitative estimate of drug-likeness (QED) is 0.915. The molecule has 1 aliphatic rings. The van der Waals surface area contributed by atoms with Gasteiger partial charge in [-0.2, -0.15) is 0 Å². The van der Waals surface area contributed by atoms with Gasteiger partial charge in [-0.25, -0.2) is 9.18 Å². The largest absolute Gasteiger partial charge is 0.478 e. The normalized spacial score (nSPS) is 18.0. The van der Waals surface area contributed by atoms with Crippen molar-refractivity contribution in [1.82, 2.24) is 4.98 Å². The molecule has 0 aliphatic heterocycles. The summed E-state index contributed by atoms with van der Waals surface area (Å²) in [4.78, 5) is 16.1. The highest BCUT2D eigenvalue weighted by Gasteiger charge is 2.26. The molecule has 1 heterocycles. The number of methoxy groups -OCH3 is 1. The second kappa shape index (κ2) is 4.83. The second-order valence-electron chi connectivity index (χ2n) is 4.98. The molecule has 1 N–H and O–H groups in total. The van der Waals surface area contributed by atoms with Crippen LogP contribution < -0.4 is 0 Å². The number of hydrogen-bond donors (Lipinski definition) is 1. The number of rotatable bonds is 2. The summed E-state index contributed by atoms with van der Waals surface area (Å²) in [6, 6.07) is 4.07. The van der Waals surface area contributed by atoms with Gasteiger partial charge in [0.25, 0.3) is 0 Å². The van der Waals surface area contributed by atoms with Gasteiger partial charge < -0.3 is 9.84 Å². The van der Waals surface area contributed by atoms with Crippen LogP contribution in [0.2, 0.25) is 0 Å². The van der Waals surface area contributed by atoms with Gasteiger partial charge in [0.05, 0.1) is 17.2 Å². The highest BCUT2D eigenvalue weighted by atomic mass is 19.1. The van der Waals surface area contributed by atoms with Crippen LogP contribution in [-0.4, -0.2) is 29.3 Å². The Morgan fingerprint density at radius 1 is 1.50 bits per heavy atom. The molecule has 1 aromatic heterocycles. The molecule has 5 heteroatoms. The number of carbonyl (C=O) groups is 1. The molecule has 20 heavy (non-hydrogen) atoms. The molecule has 2 aromatic rings. The fourth-order valence-electron chi connectivity index (χ4n) is 2.83. The zero-order valence-corrected chi connectivity index (χ0v) is 11.0. The first-order chi connectivity index (χ1) is 9.60. The predicted octanol–water partition coefficient (Wildman–Crippen LogP) is 2.58. The molecular weight excluding hydrogens is 261 g/mol. The van der Waals surface area contributed by atoms with E-state index in [2.05, 4.69) is 4.98 Å². The third-order valence-corrected chi connectivity index (χ3v) is 3.82. The molecule has 0 bridgehead atoms. The van der Waals surface area contributed by atoms with Gasteiger partial charge in [-0.3, -0.25) is 4.98 Å². The third-order valence-electron chi connectivity index (χ3n) is 3.82. The van der Waals surface area contributed by atoms with Crippen LogP contribution in [0.1, 0.15) is 28.0 Å². The van der Waals surface area contributed by atoms with Crippen molar-refractivity contribution < 1.29 is 19.0 Å². The average molecular weight is 275 g/mol. The van der Waals surface area contributed by atoms with Crippen LogP contribution in [0.15, 0.2) is 18.2 Å². The number of halogens is 1. The molecule has 1 unspecified atom stereocenters. The van der Waals surface area contributed by atoms with E-state index in [1.807, 2.05) is 0 Å². The monoisotopic (exact) mass is 275 g/mol. The van der Waals surface area contributed by atoms with Crippen LogP contribution in [0.3, 0.4) is 0 Å². The molecule has 104 valence electrons. The van der Waals surface area contributed by atoms with Crippen LogP contribution in [0.25, 0.3) is 10.9 Å². The number of hydrogen-bond acceptors (Lipinski definition) is 3. The van der Waals surface area contributed by atoms with Crippen LogP contribution >= 0.6 is 0 Å². The van der Waals surface area contributed by atoms with Crippen LogP contribution in [0, 0.1) is 5.82 Å². The van der Waals surface area contributed by atoms with Gasteiger partial charge in [0.1, 0.15) is 5.82 Å². The highest BCUT2D eigenvalue weighted by Crippen LogP contribution is 2.30. The molecule has 0 spiro atoms. The molecular formula is C15H14FNO3. The summed E-state index contributed by atoms with van der Waals surface area (Å²) in [5.41, 5.74) is 2.15. The van der Waals surface area contributed by atoms with E-state index >= 15 is 0 Å². The van der Waals surface area contributed by atoms with Crippen molar-refractivity contribution in [2.45, 2.75) is 25.4 Å². The minimum absolute atomic E-state index is 0.00610. The Kier molecular flexibility index (Phi) is 3.14. The van der Waals surface area contributed by atoms with Gasteiger partial charge in [0, 0.05) is 24.6 Å². The van der Waals surface area contributed by atoms with Gasteiger partial charge in [0.15, 0.2) is 0 Å². The maximum absolute atomic E-state index is 13.4. The molecule has 0 saturated carbocycles. The Morgan fingerprint density at radius 3 is 3.00 bits per heavy atom. The van der Waals surface area contributed by atoms with E-state index in [1.54, 1.807) is 7.11 Å². The smallest absolute Gasteiger partial charge is 0.336 e. The molecule has 4 nitrogen and oxygen atoms in total. The van der Waals surface area contributed by atoms with Gasteiger partial charge in [-0.1, -0.05) is 0 Å². The summed E-state index contributed by atoms with van der Waals surface area (Å²) in [5, 5.41) is 9.85. The van der Waals surface area contributed by atoms with E-state index in [0.29, 0.717) is 29.3 Å². The molecule has 1 aromatic carbocycles. The summed E-state index contributed by atoms with van der Waals surface area (Å²) in [6.07, 6.45) is 2.00.